The van der Waals surface area contributed by atoms with Crippen molar-refractivity contribution in [1.82, 2.24) is 5.32 Å². The van der Waals surface area contributed by atoms with Crippen molar-refractivity contribution < 1.29 is 18.0 Å². The number of hydrogen-bond acceptors (Lipinski definition) is 1. The van der Waals surface area contributed by atoms with Gasteiger partial charge < -0.3 is 5.32 Å². The number of carbonyl (C=O) groups is 1. The van der Waals surface area contributed by atoms with E-state index in [0.717, 1.165) is 12.1 Å². The van der Waals surface area contributed by atoms with Crippen LogP contribution >= 0.6 is 23.2 Å². The van der Waals surface area contributed by atoms with Gasteiger partial charge in [0.1, 0.15) is 0 Å². The number of alkyl halides is 3. The monoisotopic (exact) mass is 309 g/mol. The molecule has 1 aromatic carbocycles. The van der Waals surface area contributed by atoms with E-state index >= 15 is 0 Å². The highest BCUT2D eigenvalue weighted by molar-refractivity contribution is 6.36. The van der Waals surface area contributed by atoms with Gasteiger partial charge in [0.05, 0.1) is 27.7 Å². The van der Waals surface area contributed by atoms with E-state index in [1.807, 2.05) is 0 Å². The third kappa shape index (κ3) is 4.66. The first-order valence-electron chi connectivity index (χ1n) is 5.01. The van der Waals surface area contributed by atoms with Gasteiger partial charge in [-0.2, -0.15) is 13.2 Å². The number of nitrogens with one attached hydrogen (secondary N) is 1. The van der Waals surface area contributed by atoms with E-state index in [4.69, 9.17) is 23.2 Å². The third-order valence-electron chi connectivity index (χ3n) is 2.01. The zero-order chi connectivity index (χ0) is 14.6. The quantitative estimate of drug-likeness (QED) is 0.790. The van der Waals surface area contributed by atoms with Crippen molar-refractivity contribution in [2.75, 3.05) is 6.54 Å². The van der Waals surface area contributed by atoms with Crippen molar-refractivity contribution in [2.24, 2.45) is 0 Å². The minimum absolute atomic E-state index is 0.0585. The van der Waals surface area contributed by atoms with Gasteiger partial charge in [0.2, 0.25) is 5.91 Å². The van der Waals surface area contributed by atoms with Crippen LogP contribution in [0.1, 0.15) is 18.1 Å². The summed E-state index contributed by atoms with van der Waals surface area (Å²) in [4.78, 5) is 10.6. The Bertz CT molecular complexity index is 535. The molecule has 1 rings (SSSR count). The summed E-state index contributed by atoms with van der Waals surface area (Å²) in [5, 5.41) is 2.04. The normalized spacial score (nSPS) is 10.6. The second kappa shape index (κ2) is 6.18. The maximum atomic E-state index is 12.5. The van der Waals surface area contributed by atoms with Crippen molar-refractivity contribution in [3.63, 3.8) is 0 Å². The molecule has 0 fully saturated rings. The van der Waals surface area contributed by atoms with Crippen molar-refractivity contribution in [1.29, 1.82) is 0 Å². The van der Waals surface area contributed by atoms with E-state index in [0.29, 0.717) is 0 Å². The van der Waals surface area contributed by atoms with Gasteiger partial charge in [0.25, 0.3) is 0 Å². The molecule has 0 atom stereocenters. The first-order chi connectivity index (χ1) is 8.71. The van der Waals surface area contributed by atoms with Gasteiger partial charge >= 0.3 is 6.18 Å². The van der Waals surface area contributed by atoms with Gasteiger partial charge in [0.15, 0.2) is 0 Å². The number of benzene rings is 1. The number of halogens is 5. The van der Waals surface area contributed by atoms with Crippen molar-refractivity contribution in [3.05, 3.63) is 33.3 Å². The molecule has 0 saturated heterocycles. The molecule has 2 nitrogen and oxygen atoms in total. The molecular formula is C12H8Cl2F3NO. The van der Waals surface area contributed by atoms with Crippen LogP contribution in [0.25, 0.3) is 0 Å². The topological polar surface area (TPSA) is 29.1 Å². The summed E-state index contributed by atoms with van der Waals surface area (Å²) in [7, 11) is 0. The summed E-state index contributed by atoms with van der Waals surface area (Å²) in [6, 6.07) is 1.52. The molecule has 0 spiro atoms. The van der Waals surface area contributed by atoms with Gasteiger partial charge in [-0.15, -0.1) is 0 Å². The lowest BCUT2D eigenvalue weighted by Crippen LogP contribution is -2.19. The molecule has 0 aliphatic carbocycles. The Morgan fingerprint density at radius 2 is 1.84 bits per heavy atom. The summed E-state index contributed by atoms with van der Waals surface area (Å²) in [5.74, 6) is 4.80. The SMILES string of the molecule is CC(=O)NCC#Cc1c(Cl)cc(C(F)(F)F)cc1Cl. The highest BCUT2D eigenvalue weighted by Crippen LogP contribution is 2.35. The minimum Gasteiger partial charge on any atom is -0.345 e. The van der Waals surface area contributed by atoms with Crippen LogP contribution in [0, 0.1) is 11.8 Å². The number of amides is 1. The number of carbonyl (C=O) groups excluding carboxylic acids is 1. The van der Waals surface area contributed by atoms with Crippen LogP contribution in [-0.4, -0.2) is 12.5 Å². The first kappa shape index (κ1) is 15.7. The number of rotatable bonds is 1. The Balaban J connectivity index is 3.01. The molecule has 0 bridgehead atoms. The van der Waals surface area contributed by atoms with Crippen molar-refractivity contribution in [3.8, 4) is 11.8 Å². The van der Waals surface area contributed by atoms with E-state index in [2.05, 4.69) is 17.2 Å². The summed E-state index contributed by atoms with van der Waals surface area (Å²) in [5.41, 5.74) is -0.836. The Kier molecular flexibility index (Phi) is 5.10. The molecular weight excluding hydrogens is 302 g/mol. The summed E-state index contributed by atoms with van der Waals surface area (Å²) in [6.07, 6.45) is -4.52. The summed E-state index contributed by atoms with van der Waals surface area (Å²) in [6.45, 7) is 1.38. The molecule has 7 heteroatoms. The molecule has 19 heavy (non-hydrogen) atoms. The van der Waals surface area contributed by atoms with Crippen LogP contribution in [0.4, 0.5) is 13.2 Å². The van der Waals surface area contributed by atoms with Gasteiger partial charge in [-0.3, -0.25) is 4.79 Å². The Hall–Kier alpha value is -1.38. The Morgan fingerprint density at radius 1 is 1.32 bits per heavy atom. The molecule has 102 valence electrons. The lowest BCUT2D eigenvalue weighted by molar-refractivity contribution is -0.137. The molecule has 0 saturated carbocycles. The van der Waals surface area contributed by atoms with Crippen LogP contribution < -0.4 is 5.32 Å². The van der Waals surface area contributed by atoms with E-state index < -0.39 is 11.7 Å². The van der Waals surface area contributed by atoms with Crippen molar-refractivity contribution in [2.45, 2.75) is 13.1 Å². The molecule has 0 unspecified atom stereocenters. The summed E-state index contributed by atoms with van der Waals surface area (Å²) < 4.78 is 37.4. The fourth-order valence-corrected chi connectivity index (χ4v) is 1.74. The maximum absolute atomic E-state index is 12.5. The van der Waals surface area contributed by atoms with Gasteiger partial charge in [-0.25, -0.2) is 0 Å². The third-order valence-corrected chi connectivity index (χ3v) is 2.60. The zero-order valence-corrected chi connectivity index (χ0v) is 11.2. The van der Waals surface area contributed by atoms with Crippen LogP contribution in [0.15, 0.2) is 12.1 Å². The average molecular weight is 310 g/mol. The lowest BCUT2D eigenvalue weighted by atomic mass is 10.1. The van der Waals surface area contributed by atoms with Crippen LogP contribution in [0.2, 0.25) is 10.0 Å². The largest absolute Gasteiger partial charge is 0.416 e. The van der Waals surface area contributed by atoms with E-state index in [1.54, 1.807) is 0 Å². The zero-order valence-electron chi connectivity index (χ0n) is 9.66. The molecule has 0 radical (unpaired) electrons. The second-order valence-corrected chi connectivity index (χ2v) is 4.34. The molecule has 1 aromatic rings. The van der Waals surface area contributed by atoms with Gasteiger partial charge in [-0.1, -0.05) is 35.0 Å². The molecule has 0 aromatic heterocycles. The highest BCUT2D eigenvalue weighted by Gasteiger charge is 2.31. The molecule has 1 N–H and O–H groups in total. The van der Waals surface area contributed by atoms with E-state index in [1.165, 1.54) is 6.92 Å². The smallest absolute Gasteiger partial charge is 0.345 e. The van der Waals surface area contributed by atoms with Crippen LogP contribution in [0.3, 0.4) is 0 Å². The maximum Gasteiger partial charge on any atom is 0.416 e. The molecule has 1 amide bonds. The predicted octanol–water partition coefficient (Wildman–Crippen LogP) is 3.50. The first-order valence-corrected chi connectivity index (χ1v) is 5.77. The standard InChI is InChI=1S/C12H8Cl2F3NO/c1-7(19)18-4-2-3-9-10(13)5-8(6-11(9)14)12(15,16)17/h5-6H,4H2,1H3,(H,18,19). The lowest BCUT2D eigenvalue weighted by Gasteiger charge is -2.09. The minimum atomic E-state index is -4.52. The van der Waals surface area contributed by atoms with E-state index in [-0.39, 0.29) is 28.1 Å². The molecule has 0 heterocycles. The Morgan fingerprint density at radius 3 is 2.26 bits per heavy atom. The molecule has 0 aliphatic rings. The fourth-order valence-electron chi connectivity index (χ4n) is 1.16. The average Bonchev–Trinajstić information content (AvgIpc) is 2.25. The Labute approximate surface area is 117 Å². The highest BCUT2D eigenvalue weighted by atomic mass is 35.5. The van der Waals surface area contributed by atoms with Crippen LogP contribution in [-0.2, 0) is 11.0 Å². The number of hydrogen-bond donors (Lipinski definition) is 1. The van der Waals surface area contributed by atoms with Crippen LogP contribution in [0.5, 0.6) is 0 Å². The summed E-state index contributed by atoms with van der Waals surface area (Å²) >= 11 is 11.4. The second-order valence-electron chi connectivity index (χ2n) is 3.52. The van der Waals surface area contributed by atoms with Crippen molar-refractivity contribution >= 4 is 29.1 Å². The van der Waals surface area contributed by atoms with Gasteiger partial charge in [-0.05, 0) is 12.1 Å². The predicted molar refractivity (Wildman–Crippen MR) is 67.0 cm³/mol. The molecule has 0 aliphatic heterocycles. The fraction of sp³-hybridized carbons (Fsp3) is 0.250. The van der Waals surface area contributed by atoms with Gasteiger partial charge in [0, 0.05) is 6.92 Å². The van der Waals surface area contributed by atoms with E-state index in [9.17, 15) is 18.0 Å².